The molecule has 48 heavy (non-hydrogen) atoms. The highest BCUT2D eigenvalue weighted by atomic mass is 32.1. The Kier molecular flexibility index (Phi) is 5.81. The van der Waals surface area contributed by atoms with Gasteiger partial charge in [-0.1, -0.05) is 103 Å². The molecule has 0 fully saturated rings. The number of benzene rings is 7. The third-order valence-electron chi connectivity index (χ3n) is 9.59. The normalized spacial score (nSPS) is 11.7. The van der Waals surface area contributed by atoms with Crippen LogP contribution in [0.25, 0.3) is 91.7 Å². The predicted octanol–water partition coefficient (Wildman–Crippen LogP) is 12.1. The van der Waals surface area contributed by atoms with Crippen LogP contribution in [0.3, 0.4) is 0 Å². The lowest BCUT2D eigenvalue weighted by Crippen LogP contribution is -1.93. The molecular weight excluding hydrogens is 603 g/mol. The van der Waals surface area contributed by atoms with Crippen LogP contribution < -0.4 is 0 Å². The van der Waals surface area contributed by atoms with Gasteiger partial charge in [0, 0.05) is 58.4 Å². The van der Waals surface area contributed by atoms with Crippen molar-refractivity contribution in [3.8, 4) is 34.1 Å². The van der Waals surface area contributed by atoms with Crippen molar-refractivity contribution in [1.29, 1.82) is 5.26 Å². The summed E-state index contributed by atoms with van der Waals surface area (Å²) in [5, 5.41) is 18.2. The van der Waals surface area contributed by atoms with Gasteiger partial charge in [-0.05, 0) is 59.7 Å². The summed E-state index contributed by atoms with van der Waals surface area (Å²) < 4.78 is 4.86. The van der Waals surface area contributed by atoms with Crippen LogP contribution in [-0.2, 0) is 0 Å². The van der Waals surface area contributed by atoms with E-state index in [-0.39, 0.29) is 0 Å². The summed E-state index contributed by atoms with van der Waals surface area (Å²) in [6.45, 7) is 0. The molecule has 0 saturated carbocycles. The van der Waals surface area contributed by atoms with Gasteiger partial charge in [0.2, 0.25) is 0 Å². The summed E-state index contributed by atoms with van der Waals surface area (Å²) in [6, 6.07) is 55.9. The minimum absolute atomic E-state index is 0.650. The molecule has 0 radical (unpaired) electrons. The average Bonchev–Trinajstić information content (AvgIpc) is 3.70. The highest BCUT2D eigenvalue weighted by Gasteiger charge is 2.18. The molecule has 4 heteroatoms. The fourth-order valence-electron chi connectivity index (χ4n) is 7.39. The van der Waals surface area contributed by atoms with E-state index in [1.807, 2.05) is 29.5 Å². The van der Waals surface area contributed by atoms with E-state index in [2.05, 4.69) is 144 Å². The lowest BCUT2D eigenvalue weighted by molar-refractivity contribution is 1.18. The van der Waals surface area contributed by atoms with Gasteiger partial charge in [0.15, 0.2) is 0 Å². The first-order valence-electron chi connectivity index (χ1n) is 16.0. The Bertz CT molecular complexity index is 2950. The lowest BCUT2D eigenvalue weighted by atomic mass is 9.96. The Morgan fingerprint density at radius 1 is 0.521 bits per heavy atom. The Labute approximate surface area is 280 Å². The number of hydrogen-bond acceptors (Lipinski definition) is 3. The zero-order chi connectivity index (χ0) is 31.8. The van der Waals surface area contributed by atoms with E-state index in [1.54, 1.807) is 0 Å². The van der Waals surface area contributed by atoms with Crippen molar-refractivity contribution in [3.63, 3.8) is 0 Å². The average molecular weight is 628 g/mol. The summed E-state index contributed by atoms with van der Waals surface area (Å²) >= 11 is 1.87. The second-order valence-electron chi connectivity index (χ2n) is 12.3. The van der Waals surface area contributed by atoms with E-state index in [4.69, 9.17) is 4.98 Å². The second-order valence-corrected chi connectivity index (χ2v) is 13.3. The molecule has 10 aromatic rings. The van der Waals surface area contributed by atoms with Crippen LogP contribution in [0.2, 0.25) is 0 Å². The van der Waals surface area contributed by atoms with Gasteiger partial charge in [-0.25, -0.2) is 4.98 Å². The molecule has 0 spiro atoms. The van der Waals surface area contributed by atoms with Gasteiger partial charge in [-0.2, -0.15) is 5.26 Å². The fraction of sp³-hybridized carbons (Fsp3) is 0. The monoisotopic (exact) mass is 627 g/mol. The number of nitriles is 1. The van der Waals surface area contributed by atoms with Crippen molar-refractivity contribution in [1.82, 2.24) is 9.55 Å². The van der Waals surface area contributed by atoms with Crippen molar-refractivity contribution in [2.45, 2.75) is 0 Å². The highest BCUT2D eigenvalue weighted by Crippen LogP contribution is 2.44. The summed E-state index contributed by atoms with van der Waals surface area (Å²) in [7, 11) is 0. The van der Waals surface area contributed by atoms with Crippen molar-refractivity contribution in [3.05, 3.63) is 157 Å². The van der Waals surface area contributed by atoms with Gasteiger partial charge in [0.25, 0.3) is 0 Å². The van der Waals surface area contributed by atoms with E-state index in [9.17, 15) is 5.26 Å². The maximum atomic E-state index is 9.70. The zero-order valence-corrected chi connectivity index (χ0v) is 26.5. The molecule has 0 aliphatic heterocycles. The molecule has 7 aromatic carbocycles. The Hall–Kier alpha value is -6.28. The van der Waals surface area contributed by atoms with Crippen LogP contribution in [0.15, 0.2) is 152 Å². The van der Waals surface area contributed by atoms with Crippen molar-refractivity contribution >= 4 is 75.0 Å². The van der Waals surface area contributed by atoms with Crippen LogP contribution in [0.4, 0.5) is 0 Å². The van der Waals surface area contributed by atoms with Crippen LogP contribution in [0, 0.1) is 11.3 Å². The number of aromatic nitrogens is 2. The number of rotatable bonds is 3. The van der Waals surface area contributed by atoms with Gasteiger partial charge in [-0.3, -0.25) is 0 Å². The molecule has 3 nitrogen and oxygen atoms in total. The molecule has 0 amide bonds. The zero-order valence-electron chi connectivity index (χ0n) is 25.7. The number of nitrogens with zero attached hydrogens (tertiary/aromatic N) is 3. The van der Waals surface area contributed by atoms with E-state index in [0.717, 1.165) is 60.8 Å². The van der Waals surface area contributed by atoms with Crippen molar-refractivity contribution in [2.24, 2.45) is 0 Å². The van der Waals surface area contributed by atoms with E-state index in [1.165, 1.54) is 30.9 Å². The molecule has 3 heterocycles. The molecule has 3 aromatic heterocycles. The van der Waals surface area contributed by atoms with Gasteiger partial charge in [-0.15, -0.1) is 11.3 Å². The minimum Gasteiger partial charge on any atom is -0.309 e. The van der Waals surface area contributed by atoms with E-state index in [0.29, 0.717) is 5.56 Å². The van der Waals surface area contributed by atoms with Crippen LogP contribution >= 0.6 is 11.3 Å². The molecule has 0 bridgehead atoms. The number of fused-ring (bicyclic) bond motifs is 10. The van der Waals surface area contributed by atoms with Crippen molar-refractivity contribution in [2.75, 3.05) is 0 Å². The summed E-state index contributed by atoms with van der Waals surface area (Å²) in [6.07, 6.45) is 0. The number of thiophene rings is 1. The summed E-state index contributed by atoms with van der Waals surface area (Å²) in [4.78, 5) is 5.37. The molecule has 0 atom stereocenters. The van der Waals surface area contributed by atoms with Crippen molar-refractivity contribution < 1.29 is 0 Å². The molecule has 0 saturated heterocycles. The Morgan fingerprint density at radius 2 is 1.23 bits per heavy atom. The molecule has 0 unspecified atom stereocenters. The Balaban J connectivity index is 1.24. The smallest absolute Gasteiger partial charge is 0.0992 e. The molecule has 0 aliphatic rings. The molecule has 222 valence electrons. The first-order chi connectivity index (χ1) is 23.7. The van der Waals surface area contributed by atoms with Gasteiger partial charge >= 0.3 is 0 Å². The minimum atomic E-state index is 0.650. The predicted molar refractivity (Wildman–Crippen MR) is 202 cm³/mol. The number of pyridine rings is 1. The molecule has 0 N–H and O–H groups in total. The summed E-state index contributed by atoms with van der Waals surface area (Å²) in [5.74, 6) is 0. The number of para-hydroxylation sites is 1. The Morgan fingerprint density at radius 3 is 2.08 bits per heavy atom. The highest BCUT2D eigenvalue weighted by molar-refractivity contribution is 7.26. The van der Waals surface area contributed by atoms with Crippen LogP contribution in [-0.4, -0.2) is 9.55 Å². The van der Waals surface area contributed by atoms with Gasteiger partial charge in [0.1, 0.15) is 0 Å². The van der Waals surface area contributed by atoms with Crippen LogP contribution in [0.1, 0.15) is 5.56 Å². The lowest BCUT2D eigenvalue weighted by Gasteiger charge is -2.13. The van der Waals surface area contributed by atoms with Gasteiger partial charge < -0.3 is 4.57 Å². The summed E-state index contributed by atoms with van der Waals surface area (Å²) in [5.41, 5.74) is 9.20. The van der Waals surface area contributed by atoms with Gasteiger partial charge in [0.05, 0.1) is 33.9 Å². The largest absolute Gasteiger partial charge is 0.309 e. The SMILES string of the molecule is N#Cc1ccc2c3cc(-c4ccc5c(c4)nc(-c4ccccc4)c4ccc6c7ccccc7sc6c45)ccc3n(-c3ccccc3)c2c1. The second kappa shape index (κ2) is 10.4. The van der Waals surface area contributed by atoms with E-state index < -0.39 is 0 Å². The topological polar surface area (TPSA) is 41.6 Å². The standard InChI is InChI=1S/C44H25N3S/c45-26-27-15-18-32-37-24-29(17-22-39(37)47(40(32)23-27)31-11-5-2-6-12-31)30-16-19-35-38(25-30)46-43(28-9-3-1-4-10-28)36-21-20-34-33-13-7-8-14-41(33)48-44(34)42(35)36/h1-25H. The maximum absolute atomic E-state index is 9.70. The third-order valence-corrected chi connectivity index (χ3v) is 10.8. The maximum Gasteiger partial charge on any atom is 0.0992 e. The first-order valence-corrected chi connectivity index (χ1v) is 16.8. The fourth-order valence-corrected chi connectivity index (χ4v) is 8.66. The third kappa shape index (κ3) is 3.95. The van der Waals surface area contributed by atoms with E-state index >= 15 is 0 Å². The molecule has 0 aliphatic carbocycles. The molecular formula is C44H25N3S. The van der Waals surface area contributed by atoms with Crippen LogP contribution in [0.5, 0.6) is 0 Å². The molecule has 10 rings (SSSR count). The quantitative estimate of drug-likeness (QED) is 0.183. The number of hydrogen-bond donors (Lipinski definition) is 0. The first kappa shape index (κ1) is 26.9.